The van der Waals surface area contributed by atoms with Crippen LogP contribution in [0, 0.1) is 0 Å². The normalized spacial score (nSPS) is 15.4. The zero-order valence-electron chi connectivity index (χ0n) is 16.8. The summed E-state index contributed by atoms with van der Waals surface area (Å²) in [4.78, 5) is 12.9. The minimum atomic E-state index is -3.59. The molecule has 6 nitrogen and oxygen atoms in total. The number of benzene rings is 3. The maximum Gasteiger partial charge on any atom is 0.271 e. The number of sulfonamides is 1. The molecule has 0 radical (unpaired) electrons. The number of fused-ring (bicyclic) bond motifs is 3. The first-order valence-electron chi connectivity index (χ1n) is 10.2. The van der Waals surface area contributed by atoms with Gasteiger partial charge in [-0.1, -0.05) is 54.6 Å². The third-order valence-electron chi connectivity index (χ3n) is 5.72. The fourth-order valence-corrected chi connectivity index (χ4v) is 5.72. The smallest absolute Gasteiger partial charge is 0.267 e. The molecule has 31 heavy (non-hydrogen) atoms. The van der Waals surface area contributed by atoms with Gasteiger partial charge in [0.1, 0.15) is 0 Å². The predicted octanol–water partition coefficient (Wildman–Crippen LogP) is 3.63. The topological polar surface area (TPSA) is 78.8 Å². The lowest BCUT2D eigenvalue weighted by Gasteiger charge is -2.15. The van der Waals surface area contributed by atoms with Crippen molar-refractivity contribution in [3.63, 3.8) is 0 Å². The summed E-state index contributed by atoms with van der Waals surface area (Å²) in [6.07, 6.45) is 1.72. The van der Waals surface area contributed by atoms with Crippen molar-refractivity contribution in [2.45, 2.75) is 17.7 Å². The van der Waals surface area contributed by atoms with E-state index in [0.717, 1.165) is 35.1 Å². The summed E-state index contributed by atoms with van der Waals surface area (Å²) in [5.74, 6) is -0.451. The molecule has 0 bridgehead atoms. The van der Waals surface area contributed by atoms with Gasteiger partial charge in [-0.05, 0) is 42.2 Å². The minimum absolute atomic E-state index is 0.131. The molecule has 0 atom stereocenters. The lowest BCUT2D eigenvalue weighted by atomic mass is 10.1. The van der Waals surface area contributed by atoms with E-state index in [1.54, 1.807) is 12.1 Å². The summed E-state index contributed by atoms with van der Waals surface area (Å²) >= 11 is 0. The van der Waals surface area contributed by atoms with Crippen LogP contribution in [0.15, 0.2) is 82.8 Å². The van der Waals surface area contributed by atoms with Crippen molar-refractivity contribution < 1.29 is 13.2 Å². The first-order chi connectivity index (χ1) is 15.1. The molecule has 5 rings (SSSR count). The summed E-state index contributed by atoms with van der Waals surface area (Å²) in [5.41, 5.74) is 7.61. The Morgan fingerprint density at radius 2 is 1.39 bits per heavy atom. The van der Waals surface area contributed by atoms with Crippen LogP contribution in [0.3, 0.4) is 0 Å². The van der Waals surface area contributed by atoms with E-state index in [0.29, 0.717) is 18.8 Å². The Kier molecular flexibility index (Phi) is 4.92. The Hall–Kier alpha value is -3.29. The molecular weight excluding hydrogens is 410 g/mol. The Bertz CT molecular complexity index is 1260. The monoisotopic (exact) mass is 431 g/mol. The van der Waals surface area contributed by atoms with E-state index < -0.39 is 15.9 Å². The van der Waals surface area contributed by atoms with Crippen molar-refractivity contribution in [1.82, 2.24) is 9.73 Å². The van der Waals surface area contributed by atoms with E-state index in [1.807, 2.05) is 48.5 Å². The van der Waals surface area contributed by atoms with Crippen LogP contribution in [-0.2, 0) is 10.0 Å². The molecule has 0 spiro atoms. The Morgan fingerprint density at radius 3 is 2.00 bits per heavy atom. The number of carbonyl (C=O) groups excluding carboxylic acids is 1. The molecule has 1 N–H and O–H groups in total. The van der Waals surface area contributed by atoms with E-state index in [-0.39, 0.29) is 10.5 Å². The maximum atomic E-state index is 12.8. The van der Waals surface area contributed by atoms with Crippen LogP contribution < -0.4 is 5.43 Å². The van der Waals surface area contributed by atoms with Gasteiger partial charge in [0.25, 0.3) is 5.91 Å². The van der Waals surface area contributed by atoms with Crippen LogP contribution in [-0.4, -0.2) is 37.4 Å². The summed E-state index contributed by atoms with van der Waals surface area (Å²) in [6.45, 7) is 1.04. The number of nitrogens with one attached hydrogen (secondary N) is 1. The average molecular weight is 432 g/mol. The molecule has 1 heterocycles. The van der Waals surface area contributed by atoms with Crippen LogP contribution in [0.4, 0.5) is 0 Å². The van der Waals surface area contributed by atoms with Gasteiger partial charge < -0.3 is 0 Å². The predicted molar refractivity (Wildman–Crippen MR) is 119 cm³/mol. The van der Waals surface area contributed by atoms with Gasteiger partial charge in [-0.3, -0.25) is 4.79 Å². The number of amides is 1. The second-order valence-corrected chi connectivity index (χ2v) is 9.57. The highest BCUT2D eigenvalue weighted by atomic mass is 32.2. The van der Waals surface area contributed by atoms with Crippen molar-refractivity contribution in [3.05, 3.63) is 89.5 Å². The molecule has 0 unspecified atom stereocenters. The third-order valence-corrected chi connectivity index (χ3v) is 7.62. The van der Waals surface area contributed by atoms with Gasteiger partial charge in [-0.25, -0.2) is 13.8 Å². The summed E-state index contributed by atoms with van der Waals surface area (Å²) in [5, 5.41) is 4.41. The van der Waals surface area contributed by atoms with Crippen molar-refractivity contribution in [3.8, 4) is 11.1 Å². The lowest BCUT2D eigenvalue weighted by Crippen LogP contribution is -2.28. The first kappa shape index (κ1) is 19.7. The highest BCUT2D eigenvalue weighted by Gasteiger charge is 2.28. The van der Waals surface area contributed by atoms with E-state index >= 15 is 0 Å². The van der Waals surface area contributed by atoms with Gasteiger partial charge >= 0.3 is 0 Å². The van der Waals surface area contributed by atoms with Gasteiger partial charge in [-0.2, -0.15) is 9.41 Å². The van der Waals surface area contributed by atoms with Crippen molar-refractivity contribution >= 4 is 21.6 Å². The van der Waals surface area contributed by atoms with Gasteiger partial charge in [0.2, 0.25) is 10.0 Å². The largest absolute Gasteiger partial charge is 0.271 e. The van der Waals surface area contributed by atoms with Crippen molar-refractivity contribution in [2.24, 2.45) is 5.10 Å². The molecule has 0 aromatic heterocycles. The maximum absolute atomic E-state index is 12.8. The van der Waals surface area contributed by atoms with E-state index in [9.17, 15) is 13.2 Å². The van der Waals surface area contributed by atoms with Crippen molar-refractivity contribution in [1.29, 1.82) is 0 Å². The van der Waals surface area contributed by atoms with E-state index in [1.165, 1.54) is 16.4 Å². The quantitative estimate of drug-likeness (QED) is 0.501. The lowest BCUT2D eigenvalue weighted by molar-refractivity contribution is 0.0954. The molecule has 3 aromatic rings. The molecular formula is C24H21N3O3S. The zero-order chi connectivity index (χ0) is 21.4. The van der Waals surface area contributed by atoms with Gasteiger partial charge in [0.15, 0.2) is 0 Å². The number of carbonyl (C=O) groups is 1. The molecule has 0 saturated carbocycles. The highest BCUT2D eigenvalue weighted by Crippen LogP contribution is 2.36. The summed E-state index contributed by atoms with van der Waals surface area (Å²) < 4.78 is 27.1. The molecule has 3 aromatic carbocycles. The SMILES string of the molecule is O=C(NN=C1c2ccccc2-c2ccccc21)c1cccc(S(=O)(=O)N2CCCC2)c1. The van der Waals surface area contributed by atoms with Crippen LogP contribution in [0.5, 0.6) is 0 Å². The van der Waals surface area contributed by atoms with Gasteiger partial charge in [0.05, 0.1) is 10.6 Å². The number of rotatable bonds is 4. The third kappa shape index (κ3) is 3.45. The fraction of sp³-hybridized carbons (Fsp3) is 0.167. The molecule has 1 saturated heterocycles. The molecule has 1 aliphatic heterocycles. The summed E-state index contributed by atoms with van der Waals surface area (Å²) in [7, 11) is -3.59. The summed E-state index contributed by atoms with van der Waals surface area (Å²) in [6, 6.07) is 22.0. The fourth-order valence-electron chi connectivity index (χ4n) is 4.16. The molecule has 7 heteroatoms. The number of hydrogen-bond donors (Lipinski definition) is 1. The molecule has 1 amide bonds. The Labute approximate surface area is 181 Å². The second kappa shape index (κ2) is 7.76. The zero-order valence-corrected chi connectivity index (χ0v) is 17.6. The van der Waals surface area contributed by atoms with E-state index in [2.05, 4.69) is 10.5 Å². The van der Waals surface area contributed by atoms with Crippen LogP contribution in [0.25, 0.3) is 11.1 Å². The molecule has 2 aliphatic rings. The number of hydrogen-bond acceptors (Lipinski definition) is 4. The van der Waals surface area contributed by atoms with E-state index in [4.69, 9.17) is 0 Å². The van der Waals surface area contributed by atoms with Crippen LogP contribution >= 0.6 is 0 Å². The molecule has 1 fully saturated rings. The van der Waals surface area contributed by atoms with Crippen molar-refractivity contribution in [2.75, 3.05) is 13.1 Å². The highest BCUT2D eigenvalue weighted by molar-refractivity contribution is 7.89. The van der Waals surface area contributed by atoms with Gasteiger partial charge in [-0.15, -0.1) is 0 Å². The second-order valence-electron chi connectivity index (χ2n) is 7.63. The number of nitrogens with zero attached hydrogens (tertiary/aromatic N) is 2. The Balaban J connectivity index is 1.44. The average Bonchev–Trinajstić information content (AvgIpc) is 3.45. The first-order valence-corrected chi connectivity index (χ1v) is 11.7. The standard InChI is InChI=1S/C24H21N3O3S/c28-24(17-8-7-9-18(16-17)31(29,30)27-14-5-6-15-27)26-25-23-21-12-3-1-10-19(21)20-11-2-4-13-22(20)23/h1-4,7-13,16H,5-6,14-15H2,(H,26,28). The van der Waals surface area contributed by atoms with Crippen LogP contribution in [0.2, 0.25) is 0 Å². The minimum Gasteiger partial charge on any atom is -0.267 e. The van der Waals surface area contributed by atoms with Gasteiger partial charge in [0, 0.05) is 29.8 Å². The van der Waals surface area contributed by atoms with Crippen LogP contribution in [0.1, 0.15) is 34.3 Å². The molecule has 1 aliphatic carbocycles. The Morgan fingerprint density at radius 1 is 0.806 bits per heavy atom. The molecule has 156 valence electrons. The number of hydrazone groups is 1.